The molecular formula is C26H24N2O5. The van der Waals surface area contributed by atoms with Gasteiger partial charge in [0, 0.05) is 11.4 Å². The van der Waals surface area contributed by atoms with Gasteiger partial charge in [-0.05, 0) is 42.5 Å². The maximum absolute atomic E-state index is 13.8. The number of carbonyl (C=O) groups excluding carboxylic acids is 2. The maximum Gasteiger partial charge on any atom is 0.324 e. The Balaban J connectivity index is 1.70. The molecule has 3 aromatic rings. The molecule has 4 atom stereocenters. The van der Waals surface area contributed by atoms with Crippen LogP contribution in [-0.2, 0) is 14.4 Å². The first-order valence-electron chi connectivity index (χ1n) is 10.8. The number of amides is 2. The van der Waals surface area contributed by atoms with Crippen molar-refractivity contribution in [1.82, 2.24) is 5.32 Å². The van der Waals surface area contributed by atoms with Crippen molar-refractivity contribution < 1.29 is 24.2 Å². The van der Waals surface area contributed by atoms with Gasteiger partial charge in [-0.15, -0.1) is 0 Å². The lowest BCUT2D eigenvalue weighted by Crippen LogP contribution is -2.53. The number of aryl methyl sites for hydroxylation is 1. The van der Waals surface area contributed by atoms with Gasteiger partial charge in [0.1, 0.15) is 11.3 Å². The van der Waals surface area contributed by atoms with Crippen molar-refractivity contribution in [2.24, 2.45) is 11.8 Å². The minimum Gasteiger partial charge on any atom is -0.496 e. The van der Waals surface area contributed by atoms with Crippen LogP contribution in [0.1, 0.15) is 24.1 Å². The molecule has 2 N–H and O–H groups in total. The molecule has 2 amide bonds. The topological polar surface area (TPSA) is 95.9 Å². The maximum atomic E-state index is 13.8. The highest BCUT2D eigenvalue weighted by Crippen LogP contribution is 2.51. The minimum absolute atomic E-state index is 0.387. The Kier molecular flexibility index (Phi) is 4.76. The van der Waals surface area contributed by atoms with Crippen LogP contribution in [0, 0.1) is 18.8 Å². The highest BCUT2D eigenvalue weighted by molar-refractivity contribution is 6.24. The van der Waals surface area contributed by atoms with E-state index in [0.717, 1.165) is 21.9 Å². The molecule has 2 heterocycles. The van der Waals surface area contributed by atoms with Crippen molar-refractivity contribution in [3.8, 4) is 5.75 Å². The number of imide groups is 1. The number of hydrogen-bond acceptors (Lipinski definition) is 5. The van der Waals surface area contributed by atoms with Gasteiger partial charge in [-0.1, -0.05) is 48.5 Å². The van der Waals surface area contributed by atoms with Crippen molar-refractivity contribution in [2.45, 2.75) is 25.4 Å². The number of carbonyl (C=O) groups is 3. The molecule has 2 saturated heterocycles. The number of nitrogens with one attached hydrogen (secondary N) is 1. The smallest absolute Gasteiger partial charge is 0.324 e. The van der Waals surface area contributed by atoms with Gasteiger partial charge < -0.3 is 9.84 Å². The zero-order valence-electron chi connectivity index (χ0n) is 18.5. The van der Waals surface area contributed by atoms with Crippen molar-refractivity contribution in [2.75, 3.05) is 12.0 Å². The highest BCUT2D eigenvalue weighted by Gasteiger charge is 2.67. The minimum atomic E-state index is -1.60. The Morgan fingerprint density at radius 3 is 2.33 bits per heavy atom. The van der Waals surface area contributed by atoms with Crippen LogP contribution in [0.5, 0.6) is 5.75 Å². The average Bonchev–Trinajstić information content (AvgIpc) is 3.27. The van der Waals surface area contributed by atoms with Gasteiger partial charge in [-0.2, -0.15) is 0 Å². The molecule has 2 aliphatic heterocycles. The molecule has 0 aromatic heterocycles. The fraction of sp³-hybridized carbons (Fsp3) is 0.269. The van der Waals surface area contributed by atoms with E-state index in [9.17, 15) is 19.5 Å². The third-order valence-electron chi connectivity index (χ3n) is 7.06. The summed E-state index contributed by atoms with van der Waals surface area (Å²) >= 11 is 0. The van der Waals surface area contributed by atoms with E-state index in [1.54, 1.807) is 19.2 Å². The SMILES string of the molecule is COc1ccc(C2NC(C)(C(=O)O)C3C(=O)N(c4ccccc4C)C(=O)C23)c2ccccc12. The highest BCUT2D eigenvalue weighted by atomic mass is 16.5. The normalized spacial score (nSPS) is 26.6. The molecule has 0 bridgehead atoms. The number of ether oxygens (including phenoxy) is 1. The molecule has 33 heavy (non-hydrogen) atoms. The molecule has 0 aliphatic carbocycles. The predicted octanol–water partition coefficient (Wildman–Crippen LogP) is 3.45. The Hall–Kier alpha value is -3.71. The molecule has 168 valence electrons. The fourth-order valence-electron chi connectivity index (χ4n) is 5.40. The monoisotopic (exact) mass is 444 g/mol. The van der Waals surface area contributed by atoms with Gasteiger partial charge in [0.25, 0.3) is 0 Å². The second-order valence-corrected chi connectivity index (χ2v) is 8.83. The Morgan fingerprint density at radius 2 is 1.67 bits per heavy atom. The summed E-state index contributed by atoms with van der Waals surface area (Å²) in [6.45, 7) is 3.32. The summed E-state index contributed by atoms with van der Waals surface area (Å²) in [5.74, 6) is -3.24. The lowest BCUT2D eigenvalue weighted by atomic mass is 9.80. The molecule has 0 spiro atoms. The molecule has 2 fully saturated rings. The Labute approximate surface area is 191 Å². The third-order valence-corrected chi connectivity index (χ3v) is 7.06. The van der Waals surface area contributed by atoms with Gasteiger partial charge in [-0.3, -0.25) is 19.7 Å². The van der Waals surface area contributed by atoms with Crippen molar-refractivity contribution in [1.29, 1.82) is 0 Å². The second kappa shape index (κ2) is 7.42. The number of carboxylic acids is 1. The molecule has 0 radical (unpaired) electrons. The van der Waals surface area contributed by atoms with Gasteiger partial charge >= 0.3 is 5.97 Å². The van der Waals surface area contributed by atoms with E-state index < -0.39 is 35.3 Å². The number of fused-ring (bicyclic) bond motifs is 2. The van der Waals surface area contributed by atoms with Gasteiger partial charge in [0.05, 0.1) is 24.6 Å². The molecule has 4 unspecified atom stereocenters. The quantitative estimate of drug-likeness (QED) is 0.599. The fourth-order valence-corrected chi connectivity index (χ4v) is 5.40. The number of para-hydroxylation sites is 1. The standard InChI is InChI=1S/C26H24N2O5/c1-14-8-4-7-11-18(14)28-23(29)20-21(24(28)30)26(2,25(31)32)27-22(20)17-12-13-19(33-3)16-10-6-5-9-15(16)17/h4-13,20-22,27H,1-3H3,(H,31,32). The number of methoxy groups -OCH3 is 1. The largest absolute Gasteiger partial charge is 0.496 e. The zero-order valence-corrected chi connectivity index (χ0v) is 18.5. The van der Waals surface area contributed by atoms with Gasteiger partial charge in [-0.25, -0.2) is 4.90 Å². The first-order valence-corrected chi connectivity index (χ1v) is 10.8. The van der Waals surface area contributed by atoms with Crippen LogP contribution in [0.3, 0.4) is 0 Å². The Morgan fingerprint density at radius 1 is 1.00 bits per heavy atom. The first kappa shape index (κ1) is 21.2. The van der Waals surface area contributed by atoms with Crippen molar-refractivity contribution in [3.63, 3.8) is 0 Å². The second-order valence-electron chi connectivity index (χ2n) is 8.83. The van der Waals surface area contributed by atoms with Crippen molar-refractivity contribution in [3.05, 3.63) is 71.8 Å². The van der Waals surface area contributed by atoms with E-state index in [0.29, 0.717) is 11.4 Å². The Bertz CT molecular complexity index is 1320. The summed E-state index contributed by atoms with van der Waals surface area (Å²) < 4.78 is 5.49. The van der Waals surface area contributed by atoms with E-state index in [-0.39, 0.29) is 5.91 Å². The van der Waals surface area contributed by atoms with E-state index in [2.05, 4.69) is 5.32 Å². The van der Waals surface area contributed by atoms with E-state index >= 15 is 0 Å². The number of benzene rings is 3. The molecule has 0 saturated carbocycles. The summed E-state index contributed by atoms with van der Waals surface area (Å²) in [5, 5.41) is 15.0. The number of rotatable bonds is 4. The van der Waals surface area contributed by atoms with Gasteiger partial charge in [0.15, 0.2) is 0 Å². The van der Waals surface area contributed by atoms with Crippen molar-refractivity contribution >= 4 is 34.2 Å². The first-order chi connectivity index (χ1) is 15.8. The summed E-state index contributed by atoms with van der Waals surface area (Å²) in [7, 11) is 1.59. The lowest BCUT2D eigenvalue weighted by Gasteiger charge is -2.28. The molecular weight excluding hydrogens is 420 g/mol. The van der Waals surface area contributed by atoms with E-state index in [1.165, 1.54) is 11.8 Å². The lowest BCUT2D eigenvalue weighted by molar-refractivity contribution is -0.147. The molecule has 2 aliphatic rings. The summed E-state index contributed by atoms with van der Waals surface area (Å²) in [5.41, 5.74) is 0.434. The van der Waals surface area contributed by atoms with Gasteiger partial charge in [0.2, 0.25) is 11.8 Å². The average molecular weight is 444 g/mol. The predicted molar refractivity (Wildman–Crippen MR) is 123 cm³/mol. The molecule has 5 rings (SSSR count). The number of anilines is 1. The third kappa shape index (κ3) is 2.89. The number of aliphatic carboxylic acids is 1. The van der Waals surface area contributed by atoms with Crippen LogP contribution >= 0.6 is 0 Å². The number of hydrogen-bond donors (Lipinski definition) is 2. The summed E-state index contributed by atoms with van der Waals surface area (Å²) in [6, 6.07) is 17.8. The number of nitrogens with zero attached hydrogens (tertiary/aromatic N) is 1. The van der Waals surface area contributed by atoms with Crippen LogP contribution in [0.2, 0.25) is 0 Å². The molecule has 3 aromatic carbocycles. The summed E-state index contributed by atoms with van der Waals surface area (Å²) in [4.78, 5) is 40.9. The van der Waals surface area contributed by atoms with Crippen LogP contribution in [0.15, 0.2) is 60.7 Å². The van der Waals surface area contributed by atoms with Crippen LogP contribution in [0.25, 0.3) is 10.8 Å². The molecule has 7 heteroatoms. The van der Waals surface area contributed by atoms with Crippen LogP contribution < -0.4 is 15.0 Å². The molecule has 7 nitrogen and oxygen atoms in total. The van der Waals surface area contributed by atoms with Crippen LogP contribution in [-0.4, -0.2) is 35.5 Å². The summed E-state index contributed by atoms with van der Waals surface area (Å²) in [6.07, 6.45) is 0. The van der Waals surface area contributed by atoms with E-state index in [4.69, 9.17) is 4.74 Å². The zero-order chi connectivity index (χ0) is 23.5. The van der Waals surface area contributed by atoms with E-state index in [1.807, 2.05) is 55.5 Å². The van der Waals surface area contributed by atoms with Crippen LogP contribution in [0.4, 0.5) is 5.69 Å². The number of carboxylic acid groups (broad SMARTS) is 1.